The fraction of sp³-hybridized carbons (Fsp3) is 0.667. The Morgan fingerprint density at radius 1 is 1.52 bits per heavy atom. The van der Waals surface area contributed by atoms with Gasteiger partial charge in [0, 0.05) is 19.6 Å². The van der Waals surface area contributed by atoms with Crippen LogP contribution in [-0.4, -0.2) is 47.1 Å². The second-order valence-electron chi connectivity index (χ2n) is 6.61. The summed E-state index contributed by atoms with van der Waals surface area (Å²) in [5.41, 5.74) is -0.490. The monoisotopic (exact) mass is 403 g/mol. The van der Waals surface area contributed by atoms with Crippen molar-refractivity contribution in [3.05, 3.63) is 15.0 Å². The summed E-state index contributed by atoms with van der Waals surface area (Å²) in [6.45, 7) is 7.43. The van der Waals surface area contributed by atoms with E-state index in [9.17, 15) is 9.59 Å². The number of nitrogens with one attached hydrogen (secondary N) is 1. The van der Waals surface area contributed by atoms with Crippen LogP contribution in [-0.2, 0) is 4.74 Å². The normalized spacial score (nSPS) is 18.6. The lowest BCUT2D eigenvalue weighted by Gasteiger charge is -2.34. The number of hydrogen-bond acceptors (Lipinski definition) is 5. The van der Waals surface area contributed by atoms with E-state index in [1.165, 1.54) is 11.3 Å². The predicted molar refractivity (Wildman–Crippen MR) is 92.7 cm³/mol. The van der Waals surface area contributed by atoms with Crippen molar-refractivity contribution in [2.24, 2.45) is 5.92 Å². The number of thiazole rings is 1. The molecule has 0 aromatic carbocycles. The number of likely N-dealkylation sites (tertiary alicyclic amines) is 1. The minimum Gasteiger partial charge on any atom is -0.444 e. The quantitative estimate of drug-likeness (QED) is 0.840. The number of rotatable bonds is 3. The topological polar surface area (TPSA) is 71.5 Å². The van der Waals surface area contributed by atoms with Crippen molar-refractivity contribution in [2.45, 2.75) is 39.2 Å². The van der Waals surface area contributed by atoms with E-state index >= 15 is 0 Å². The van der Waals surface area contributed by atoms with Crippen LogP contribution in [0.25, 0.3) is 0 Å². The van der Waals surface area contributed by atoms with Crippen LogP contribution in [0.2, 0.25) is 0 Å². The number of aromatic nitrogens is 1. The van der Waals surface area contributed by atoms with Crippen LogP contribution in [0.5, 0.6) is 0 Å². The lowest BCUT2D eigenvalue weighted by molar-refractivity contribution is 0.0167. The van der Waals surface area contributed by atoms with E-state index in [4.69, 9.17) is 4.74 Å². The number of piperidine rings is 1. The largest absolute Gasteiger partial charge is 0.444 e. The standard InChI is InChI=1S/C15H22BrN3O3S/c1-15(2,3)22-14(21)19-6-4-5-10(9-19)7-17-12(20)13-18-8-11(16)23-13/h8,10H,4-7,9H2,1-3H3,(H,17,20)/t10-/m0/s1. The van der Waals surface area contributed by atoms with Gasteiger partial charge in [-0.15, -0.1) is 11.3 Å². The summed E-state index contributed by atoms with van der Waals surface area (Å²) >= 11 is 4.60. The summed E-state index contributed by atoms with van der Waals surface area (Å²) in [7, 11) is 0. The van der Waals surface area contributed by atoms with Gasteiger partial charge >= 0.3 is 6.09 Å². The average molecular weight is 404 g/mol. The van der Waals surface area contributed by atoms with E-state index in [-0.39, 0.29) is 17.9 Å². The minimum atomic E-state index is -0.490. The number of halogens is 1. The Morgan fingerprint density at radius 3 is 2.87 bits per heavy atom. The van der Waals surface area contributed by atoms with Crippen molar-refractivity contribution in [3.8, 4) is 0 Å². The van der Waals surface area contributed by atoms with E-state index < -0.39 is 5.60 Å². The minimum absolute atomic E-state index is 0.171. The fourth-order valence-corrected chi connectivity index (χ4v) is 3.52. The highest BCUT2D eigenvalue weighted by atomic mass is 79.9. The summed E-state index contributed by atoms with van der Waals surface area (Å²) in [5.74, 6) is 0.0683. The Balaban J connectivity index is 1.82. The molecule has 1 saturated heterocycles. The highest BCUT2D eigenvalue weighted by Gasteiger charge is 2.28. The molecule has 0 spiro atoms. The van der Waals surface area contributed by atoms with Crippen LogP contribution < -0.4 is 5.32 Å². The van der Waals surface area contributed by atoms with Gasteiger partial charge in [-0.25, -0.2) is 9.78 Å². The molecule has 128 valence electrons. The zero-order chi connectivity index (χ0) is 17.0. The molecule has 0 saturated carbocycles. The van der Waals surface area contributed by atoms with E-state index in [1.54, 1.807) is 11.1 Å². The number of hydrogen-bond donors (Lipinski definition) is 1. The lowest BCUT2D eigenvalue weighted by Crippen LogP contribution is -2.45. The van der Waals surface area contributed by atoms with Crippen LogP contribution in [0.3, 0.4) is 0 Å². The van der Waals surface area contributed by atoms with Crippen molar-refractivity contribution in [3.63, 3.8) is 0 Å². The van der Waals surface area contributed by atoms with Gasteiger partial charge in [-0.3, -0.25) is 4.79 Å². The molecule has 6 nitrogen and oxygen atoms in total. The molecule has 1 aromatic rings. The highest BCUT2D eigenvalue weighted by molar-refractivity contribution is 9.11. The number of nitrogens with zero attached hydrogens (tertiary/aromatic N) is 2. The van der Waals surface area contributed by atoms with Crippen LogP contribution in [0, 0.1) is 5.92 Å². The van der Waals surface area contributed by atoms with Crippen molar-refractivity contribution in [1.82, 2.24) is 15.2 Å². The van der Waals surface area contributed by atoms with E-state index in [0.29, 0.717) is 24.6 Å². The lowest BCUT2D eigenvalue weighted by atomic mass is 9.98. The van der Waals surface area contributed by atoms with Gasteiger partial charge in [0.05, 0.1) is 9.98 Å². The van der Waals surface area contributed by atoms with Gasteiger partial charge < -0.3 is 15.0 Å². The predicted octanol–water partition coefficient (Wildman–Crippen LogP) is 3.28. The molecular weight excluding hydrogens is 382 g/mol. The van der Waals surface area contributed by atoms with Gasteiger partial charge in [-0.2, -0.15) is 0 Å². The maximum absolute atomic E-state index is 12.1. The van der Waals surface area contributed by atoms with Gasteiger partial charge in [0.25, 0.3) is 5.91 Å². The first kappa shape index (κ1) is 18.2. The van der Waals surface area contributed by atoms with E-state index in [0.717, 1.165) is 16.6 Å². The summed E-state index contributed by atoms with van der Waals surface area (Å²) in [5, 5.41) is 3.34. The molecule has 23 heavy (non-hydrogen) atoms. The van der Waals surface area contributed by atoms with Gasteiger partial charge in [-0.1, -0.05) is 0 Å². The molecule has 0 aliphatic carbocycles. The molecule has 0 unspecified atom stereocenters. The fourth-order valence-electron chi connectivity index (χ4n) is 2.40. The molecule has 2 heterocycles. The summed E-state index contributed by atoms with van der Waals surface area (Å²) < 4.78 is 6.24. The second-order valence-corrected chi connectivity index (χ2v) is 9.02. The molecule has 1 aliphatic rings. The van der Waals surface area contributed by atoms with Crippen LogP contribution in [0.15, 0.2) is 9.98 Å². The molecular formula is C15H22BrN3O3S. The molecule has 2 amide bonds. The zero-order valence-electron chi connectivity index (χ0n) is 13.6. The molecule has 8 heteroatoms. The van der Waals surface area contributed by atoms with Crippen molar-refractivity contribution in [2.75, 3.05) is 19.6 Å². The number of carbonyl (C=O) groups excluding carboxylic acids is 2. The Labute approximate surface area is 148 Å². The first-order valence-corrected chi connectivity index (χ1v) is 9.23. The molecule has 1 atom stereocenters. The van der Waals surface area contributed by atoms with Gasteiger partial charge in [0.15, 0.2) is 5.01 Å². The van der Waals surface area contributed by atoms with Gasteiger partial charge in [0.2, 0.25) is 0 Å². The Kier molecular flexibility index (Phi) is 6.02. The molecule has 1 aliphatic heterocycles. The molecule has 1 aromatic heterocycles. The molecule has 0 bridgehead atoms. The SMILES string of the molecule is CC(C)(C)OC(=O)N1CCC[C@@H](CNC(=O)c2ncc(Br)s2)C1. The maximum Gasteiger partial charge on any atom is 0.410 e. The second kappa shape index (κ2) is 7.61. The highest BCUT2D eigenvalue weighted by Crippen LogP contribution is 2.20. The van der Waals surface area contributed by atoms with Gasteiger partial charge in [-0.05, 0) is 55.5 Å². The molecule has 1 fully saturated rings. The smallest absolute Gasteiger partial charge is 0.410 e. The first-order valence-electron chi connectivity index (χ1n) is 7.62. The Hall–Kier alpha value is -1.15. The van der Waals surface area contributed by atoms with Crippen LogP contribution >= 0.6 is 27.3 Å². The average Bonchev–Trinajstić information content (AvgIpc) is 2.90. The summed E-state index contributed by atoms with van der Waals surface area (Å²) in [6.07, 6.45) is 3.24. The van der Waals surface area contributed by atoms with Crippen molar-refractivity contribution in [1.29, 1.82) is 0 Å². The summed E-state index contributed by atoms with van der Waals surface area (Å²) in [6, 6.07) is 0. The first-order chi connectivity index (χ1) is 10.7. The summed E-state index contributed by atoms with van der Waals surface area (Å²) in [4.78, 5) is 29.9. The zero-order valence-corrected chi connectivity index (χ0v) is 16.0. The van der Waals surface area contributed by atoms with E-state index in [2.05, 4.69) is 26.2 Å². The third-order valence-corrected chi connectivity index (χ3v) is 4.87. The Bertz CT molecular complexity index is 571. The van der Waals surface area contributed by atoms with Crippen LogP contribution in [0.1, 0.15) is 43.4 Å². The van der Waals surface area contributed by atoms with Crippen molar-refractivity contribution >= 4 is 39.3 Å². The maximum atomic E-state index is 12.1. The molecule has 0 radical (unpaired) electrons. The third-order valence-electron chi connectivity index (χ3n) is 3.39. The molecule has 1 N–H and O–H groups in total. The molecule has 2 rings (SSSR count). The number of amides is 2. The van der Waals surface area contributed by atoms with Crippen molar-refractivity contribution < 1.29 is 14.3 Å². The van der Waals surface area contributed by atoms with Crippen LogP contribution in [0.4, 0.5) is 4.79 Å². The van der Waals surface area contributed by atoms with Gasteiger partial charge in [0.1, 0.15) is 5.60 Å². The number of ether oxygens (including phenoxy) is 1. The van der Waals surface area contributed by atoms with E-state index in [1.807, 2.05) is 20.8 Å². The third kappa shape index (κ3) is 5.76. The number of carbonyl (C=O) groups is 2. The Morgan fingerprint density at radius 2 is 2.26 bits per heavy atom.